The molecule has 0 spiro atoms. The van der Waals surface area contributed by atoms with Gasteiger partial charge in [0.2, 0.25) is 0 Å². The van der Waals surface area contributed by atoms with Crippen LogP contribution in [0.4, 0.5) is 0 Å². The molecule has 0 N–H and O–H groups in total. The van der Waals surface area contributed by atoms with Gasteiger partial charge in [-0.2, -0.15) is 0 Å². The van der Waals surface area contributed by atoms with Crippen LogP contribution >= 0.6 is 0 Å². The lowest BCUT2D eigenvalue weighted by Gasteiger charge is -2.12. The third-order valence-electron chi connectivity index (χ3n) is 2.34. The first kappa shape index (κ1) is 9.34. The molecule has 0 amide bonds. The molecule has 1 aromatic rings. The molecule has 1 aliphatic rings. The number of rotatable bonds is 3. The number of ether oxygens (including phenoxy) is 3. The third-order valence-corrected chi connectivity index (χ3v) is 2.34. The molecule has 3 nitrogen and oxygen atoms in total. The lowest BCUT2D eigenvalue weighted by molar-refractivity contribution is 0.359. The predicted molar refractivity (Wildman–Crippen MR) is 53.0 cm³/mol. The van der Waals surface area contributed by atoms with Gasteiger partial charge in [0.1, 0.15) is 17.6 Å². The molecule has 3 heteroatoms. The molecule has 2 rings (SSSR count). The lowest BCUT2D eigenvalue weighted by atomic mass is 10.1. The number of hydrogen-bond acceptors (Lipinski definition) is 3. The zero-order valence-electron chi connectivity index (χ0n) is 8.66. The summed E-state index contributed by atoms with van der Waals surface area (Å²) in [7, 11) is 3.33. The van der Waals surface area contributed by atoms with Crippen molar-refractivity contribution in [2.45, 2.75) is 13.0 Å². The van der Waals surface area contributed by atoms with E-state index in [9.17, 15) is 0 Å². The van der Waals surface area contributed by atoms with Gasteiger partial charge >= 0.3 is 0 Å². The highest BCUT2D eigenvalue weighted by molar-refractivity contribution is 5.50. The van der Waals surface area contributed by atoms with Gasteiger partial charge in [-0.3, -0.25) is 0 Å². The van der Waals surface area contributed by atoms with Gasteiger partial charge in [-0.1, -0.05) is 0 Å². The van der Waals surface area contributed by atoms with Crippen molar-refractivity contribution in [1.82, 2.24) is 0 Å². The number of hydrogen-bond donors (Lipinski definition) is 0. The minimum atomic E-state index is 0.153. The van der Waals surface area contributed by atoms with Crippen LogP contribution in [-0.2, 0) is 4.74 Å². The largest absolute Gasteiger partial charge is 0.496 e. The van der Waals surface area contributed by atoms with Crippen LogP contribution in [-0.4, -0.2) is 20.8 Å². The molecule has 0 unspecified atom stereocenters. The average Bonchev–Trinajstić information content (AvgIpc) is 2.99. The van der Waals surface area contributed by atoms with E-state index in [1.165, 1.54) is 0 Å². The van der Waals surface area contributed by atoms with Crippen LogP contribution in [0.5, 0.6) is 11.5 Å². The first-order chi connectivity index (χ1) is 6.76. The van der Waals surface area contributed by atoms with E-state index in [0.29, 0.717) is 0 Å². The van der Waals surface area contributed by atoms with Crippen molar-refractivity contribution in [3.05, 3.63) is 23.3 Å². The van der Waals surface area contributed by atoms with Crippen LogP contribution in [0.15, 0.2) is 12.1 Å². The predicted octanol–water partition coefficient (Wildman–Crippen LogP) is 2.08. The zero-order chi connectivity index (χ0) is 10.1. The normalized spacial score (nSPS) is 19.2. The molecule has 0 aliphatic carbocycles. The molecular formula is C11H14O3. The van der Waals surface area contributed by atoms with Crippen molar-refractivity contribution in [2.75, 3.05) is 20.8 Å². The van der Waals surface area contributed by atoms with E-state index in [4.69, 9.17) is 14.2 Å². The number of aryl methyl sites for hydroxylation is 1. The van der Waals surface area contributed by atoms with Crippen LogP contribution in [0.3, 0.4) is 0 Å². The Kier molecular flexibility index (Phi) is 2.33. The third kappa shape index (κ3) is 1.55. The van der Waals surface area contributed by atoms with Gasteiger partial charge in [0.25, 0.3) is 0 Å². The van der Waals surface area contributed by atoms with Gasteiger partial charge in [0.05, 0.1) is 26.4 Å². The Balaban J connectivity index is 2.50. The summed E-state index contributed by atoms with van der Waals surface area (Å²) in [4.78, 5) is 0. The van der Waals surface area contributed by atoms with Gasteiger partial charge in [-0.05, 0) is 24.6 Å². The van der Waals surface area contributed by atoms with Crippen molar-refractivity contribution < 1.29 is 14.2 Å². The summed E-state index contributed by atoms with van der Waals surface area (Å²) in [5, 5.41) is 0. The van der Waals surface area contributed by atoms with Crippen molar-refractivity contribution in [3.8, 4) is 11.5 Å². The summed E-state index contributed by atoms with van der Waals surface area (Å²) in [6.07, 6.45) is 0.153. The smallest absolute Gasteiger partial charge is 0.128 e. The molecule has 1 fully saturated rings. The van der Waals surface area contributed by atoms with Crippen LogP contribution in [0.2, 0.25) is 0 Å². The molecule has 76 valence electrons. The van der Waals surface area contributed by atoms with Crippen LogP contribution in [0.25, 0.3) is 0 Å². The molecule has 0 radical (unpaired) electrons. The second-order valence-electron chi connectivity index (χ2n) is 3.41. The van der Waals surface area contributed by atoms with E-state index in [1.54, 1.807) is 14.2 Å². The second kappa shape index (κ2) is 3.50. The van der Waals surface area contributed by atoms with Gasteiger partial charge in [-0.25, -0.2) is 0 Å². The molecular weight excluding hydrogens is 180 g/mol. The SMILES string of the molecule is COc1cc(C)cc(OC)c1[C@H]1CO1. The number of benzene rings is 1. The van der Waals surface area contributed by atoms with E-state index in [2.05, 4.69) is 0 Å². The topological polar surface area (TPSA) is 31.0 Å². The maximum absolute atomic E-state index is 5.31. The van der Waals surface area contributed by atoms with Crippen LogP contribution in [0.1, 0.15) is 17.2 Å². The summed E-state index contributed by atoms with van der Waals surface area (Å²) in [6.45, 7) is 2.78. The molecule has 1 aliphatic heterocycles. The molecule has 1 atom stereocenters. The maximum Gasteiger partial charge on any atom is 0.128 e. The Morgan fingerprint density at radius 1 is 1.21 bits per heavy atom. The Labute approximate surface area is 83.6 Å². The van der Waals surface area contributed by atoms with Gasteiger partial charge in [-0.15, -0.1) is 0 Å². The Morgan fingerprint density at radius 3 is 2.07 bits per heavy atom. The molecule has 0 saturated carbocycles. The molecule has 14 heavy (non-hydrogen) atoms. The van der Waals surface area contributed by atoms with Crippen LogP contribution in [0, 0.1) is 6.92 Å². The zero-order valence-corrected chi connectivity index (χ0v) is 8.66. The second-order valence-corrected chi connectivity index (χ2v) is 3.41. The fraction of sp³-hybridized carbons (Fsp3) is 0.455. The minimum Gasteiger partial charge on any atom is -0.496 e. The molecule has 1 saturated heterocycles. The van der Waals surface area contributed by atoms with Crippen molar-refractivity contribution in [3.63, 3.8) is 0 Å². The van der Waals surface area contributed by atoms with Crippen molar-refractivity contribution >= 4 is 0 Å². The molecule has 0 bridgehead atoms. The maximum atomic E-state index is 5.31. The summed E-state index contributed by atoms with van der Waals surface area (Å²) in [6, 6.07) is 4.00. The van der Waals surface area contributed by atoms with E-state index >= 15 is 0 Å². The lowest BCUT2D eigenvalue weighted by Crippen LogP contribution is -1.96. The fourth-order valence-electron chi connectivity index (χ4n) is 1.60. The summed E-state index contributed by atoms with van der Waals surface area (Å²) in [5.74, 6) is 1.70. The standard InChI is InChI=1S/C11H14O3/c1-7-4-8(12-2)11(10-6-14-10)9(5-7)13-3/h4-5,10H,6H2,1-3H3/t10-/m1/s1. The highest BCUT2D eigenvalue weighted by Gasteiger charge is 2.31. The Morgan fingerprint density at radius 2 is 1.71 bits per heavy atom. The van der Waals surface area contributed by atoms with E-state index in [-0.39, 0.29) is 6.10 Å². The van der Waals surface area contributed by atoms with Crippen LogP contribution < -0.4 is 9.47 Å². The first-order valence-electron chi connectivity index (χ1n) is 4.60. The minimum absolute atomic E-state index is 0.153. The first-order valence-corrected chi connectivity index (χ1v) is 4.60. The number of methoxy groups -OCH3 is 2. The van der Waals surface area contributed by atoms with Gasteiger partial charge < -0.3 is 14.2 Å². The quantitative estimate of drug-likeness (QED) is 0.690. The summed E-state index contributed by atoms with van der Waals surface area (Å²) in [5.41, 5.74) is 2.16. The Bertz CT molecular complexity index is 317. The molecule has 1 heterocycles. The monoisotopic (exact) mass is 194 g/mol. The highest BCUT2D eigenvalue weighted by atomic mass is 16.6. The van der Waals surface area contributed by atoms with Gasteiger partial charge in [0, 0.05) is 0 Å². The van der Waals surface area contributed by atoms with Gasteiger partial charge in [0.15, 0.2) is 0 Å². The summed E-state index contributed by atoms with van der Waals surface area (Å²) < 4.78 is 15.9. The van der Waals surface area contributed by atoms with Crippen molar-refractivity contribution in [2.24, 2.45) is 0 Å². The number of epoxide rings is 1. The van der Waals surface area contributed by atoms with E-state index in [1.807, 2.05) is 19.1 Å². The molecule has 0 aromatic heterocycles. The Hall–Kier alpha value is -1.22. The fourth-order valence-corrected chi connectivity index (χ4v) is 1.60. The summed E-state index contributed by atoms with van der Waals surface area (Å²) >= 11 is 0. The highest BCUT2D eigenvalue weighted by Crippen LogP contribution is 2.42. The molecule has 1 aromatic carbocycles. The average molecular weight is 194 g/mol. The van der Waals surface area contributed by atoms with E-state index in [0.717, 1.165) is 29.2 Å². The van der Waals surface area contributed by atoms with E-state index < -0.39 is 0 Å². The van der Waals surface area contributed by atoms with Crippen molar-refractivity contribution in [1.29, 1.82) is 0 Å².